The van der Waals surface area contributed by atoms with Crippen LogP contribution < -0.4 is 15.4 Å². The van der Waals surface area contributed by atoms with E-state index in [1.54, 1.807) is 63.2 Å². The van der Waals surface area contributed by atoms with E-state index in [0.29, 0.717) is 28.3 Å². The molecule has 0 heterocycles. The Morgan fingerprint density at radius 3 is 2.22 bits per heavy atom. The van der Waals surface area contributed by atoms with Gasteiger partial charge in [0.15, 0.2) is 0 Å². The third-order valence-electron chi connectivity index (χ3n) is 3.46. The first kappa shape index (κ1) is 20.3. The highest BCUT2D eigenvalue weighted by molar-refractivity contribution is 6.07. The van der Waals surface area contributed by atoms with Gasteiger partial charge >= 0.3 is 6.09 Å². The average Bonchev–Trinajstić information content (AvgIpc) is 2.61. The van der Waals surface area contributed by atoms with Crippen LogP contribution >= 0.6 is 0 Å². The maximum absolute atomic E-state index is 12.6. The minimum atomic E-state index is -0.635. The number of hydrogen-bond donors (Lipinski definition) is 3. The van der Waals surface area contributed by atoms with E-state index in [2.05, 4.69) is 10.6 Å². The number of aliphatic hydroxyl groups excluding tert-OH is 1. The zero-order chi connectivity index (χ0) is 20.0. The molecule has 0 unspecified atom stereocenters. The first-order chi connectivity index (χ1) is 12.7. The van der Waals surface area contributed by atoms with E-state index in [0.717, 1.165) is 0 Å². The predicted molar refractivity (Wildman–Crippen MR) is 103 cm³/mol. The number of carbonyl (C=O) groups is 2. The Hall–Kier alpha value is -3.06. The summed E-state index contributed by atoms with van der Waals surface area (Å²) < 4.78 is 10.4. The van der Waals surface area contributed by atoms with E-state index >= 15 is 0 Å². The summed E-state index contributed by atoms with van der Waals surface area (Å²) in [5.41, 5.74) is 1.07. The number of ether oxygens (including phenoxy) is 2. The summed E-state index contributed by atoms with van der Waals surface area (Å²) in [5, 5.41) is 14.7. The van der Waals surface area contributed by atoms with Crippen LogP contribution in [0.3, 0.4) is 0 Å². The second-order valence-electron chi connectivity index (χ2n) is 6.85. The minimum absolute atomic E-state index is 0.214. The van der Waals surface area contributed by atoms with E-state index < -0.39 is 17.6 Å². The van der Waals surface area contributed by atoms with Gasteiger partial charge < -0.3 is 19.9 Å². The maximum atomic E-state index is 12.6. The van der Waals surface area contributed by atoms with Gasteiger partial charge in [-0.15, -0.1) is 0 Å². The van der Waals surface area contributed by atoms with Gasteiger partial charge in [0.05, 0.1) is 25.1 Å². The Balaban J connectivity index is 2.20. The molecule has 0 aliphatic carbocycles. The van der Waals surface area contributed by atoms with Crippen LogP contribution in [-0.4, -0.2) is 29.8 Å². The second kappa shape index (κ2) is 8.55. The molecule has 3 N–H and O–H groups in total. The number of aliphatic hydroxyl groups is 1. The van der Waals surface area contributed by atoms with Crippen LogP contribution in [0.15, 0.2) is 42.5 Å². The van der Waals surface area contributed by atoms with E-state index in [-0.39, 0.29) is 6.61 Å². The van der Waals surface area contributed by atoms with Crippen LogP contribution in [0.25, 0.3) is 0 Å². The van der Waals surface area contributed by atoms with Gasteiger partial charge in [-0.05, 0) is 56.7 Å². The standard InChI is InChI=1S/C20H24N2O5/c1-20(2,3)27-19(25)22-17-8-6-5-7-16(17)21-18(24)14-9-13(12-23)10-15(11-14)26-4/h5-11,23H,12H2,1-4H3,(H,21,24)(H,22,25). The Bertz CT molecular complexity index is 805. The Morgan fingerprint density at radius 2 is 1.67 bits per heavy atom. The molecular weight excluding hydrogens is 348 g/mol. The molecule has 2 amide bonds. The molecule has 7 heteroatoms. The lowest BCUT2D eigenvalue weighted by molar-refractivity contribution is 0.0635. The molecule has 0 saturated carbocycles. The highest BCUT2D eigenvalue weighted by atomic mass is 16.6. The van der Waals surface area contributed by atoms with Crippen molar-refractivity contribution in [1.29, 1.82) is 0 Å². The molecule has 0 radical (unpaired) electrons. The maximum Gasteiger partial charge on any atom is 0.412 e. The summed E-state index contributed by atoms with van der Waals surface area (Å²) in [6, 6.07) is 11.6. The number of methoxy groups -OCH3 is 1. The summed E-state index contributed by atoms with van der Waals surface area (Å²) in [7, 11) is 1.48. The normalized spacial score (nSPS) is 10.9. The van der Waals surface area contributed by atoms with Crippen molar-refractivity contribution >= 4 is 23.4 Å². The fourth-order valence-electron chi connectivity index (χ4n) is 2.31. The van der Waals surface area contributed by atoms with Crippen LogP contribution in [0.4, 0.5) is 16.2 Å². The molecule has 0 atom stereocenters. The van der Waals surface area contributed by atoms with Crippen LogP contribution in [0.2, 0.25) is 0 Å². The molecule has 0 bridgehead atoms. The second-order valence-corrected chi connectivity index (χ2v) is 6.85. The zero-order valence-electron chi connectivity index (χ0n) is 15.8. The predicted octanol–water partition coefficient (Wildman–Crippen LogP) is 3.79. The largest absolute Gasteiger partial charge is 0.497 e. The molecule has 144 valence electrons. The van der Waals surface area contributed by atoms with E-state index in [1.807, 2.05) is 0 Å². The number of hydrogen-bond acceptors (Lipinski definition) is 5. The van der Waals surface area contributed by atoms with Gasteiger partial charge in [0.25, 0.3) is 5.91 Å². The van der Waals surface area contributed by atoms with Gasteiger partial charge in [-0.2, -0.15) is 0 Å². The zero-order valence-corrected chi connectivity index (χ0v) is 15.8. The molecule has 0 spiro atoms. The van der Waals surface area contributed by atoms with E-state index in [4.69, 9.17) is 9.47 Å². The number of benzene rings is 2. The van der Waals surface area contributed by atoms with Crippen molar-refractivity contribution in [2.75, 3.05) is 17.7 Å². The average molecular weight is 372 g/mol. The number of nitrogens with one attached hydrogen (secondary N) is 2. The SMILES string of the molecule is COc1cc(CO)cc(C(=O)Nc2ccccc2NC(=O)OC(C)(C)C)c1. The van der Waals surface area contributed by atoms with Crippen molar-refractivity contribution in [2.24, 2.45) is 0 Å². The van der Waals surface area contributed by atoms with Crippen molar-refractivity contribution in [3.05, 3.63) is 53.6 Å². The molecule has 27 heavy (non-hydrogen) atoms. The van der Waals surface area contributed by atoms with Gasteiger partial charge in [-0.1, -0.05) is 12.1 Å². The summed E-state index contributed by atoms with van der Waals surface area (Å²) in [4.78, 5) is 24.6. The topological polar surface area (TPSA) is 96.9 Å². The van der Waals surface area contributed by atoms with Crippen LogP contribution in [-0.2, 0) is 11.3 Å². The molecule has 0 aliphatic heterocycles. The number of anilines is 2. The third kappa shape index (κ3) is 6.00. The summed E-state index contributed by atoms with van der Waals surface area (Å²) >= 11 is 0. The summed E-state index contributed by atoms with van der Waals surface area (Å²) in [6.45, 7) is 5.08. The van der Waals surface area contributed by atoms with Crippen LogP contribution in [0.5, 0.6) is 5.75 Å². The fraction of sp³-hybridized carbons (Fsp3) is 0.300. The highest BCUT2D eigenvalue weighted by Crippen LogP contribution is 2.24. The number of carbonyl (C=O) groups excluding carboxylic acids is 2. The van der Waals surface area contributed by atoms with Crippen molar-refractivity contribution < 1.29 is 24.2 Å². The lowest BCUT2D eigenvalue weighted by atomic mass is 10.1. The van der Waals surface area contributed by atoms with E-state index in [1.165, 1.54) is 7.11 Å². The van der Waals surface area contributed by atoms with Gasteiger partial charge in [-0.25, -0.2) is 4.79 Å². The van der Waals surface area contributed by atoms with Gasteiger partial charge in [0, 0.05) is 5.56 Å². The summed E-state index contributed by atoms with van der Waals surface area (Å²) in [5.74, 6) is 0.0638. The van der Waals surface area contributed by atoms with Gasteiger partial charge in [0.2, 0.25) is 0 Å². The third-order valence-corrected chi connectivity index (χ3v) is 3.46. The fourth-order valence-corrected chi connectivity index (χ4v) is 2.31. The molecule has 0 saturated heterocycles. The smallest absolute Gasteiger partial charge is 0.412 e. The van der Waals surface area contributed by atoms with Gasteiger partial charge in [-0.3, -0.25) is 10.1 Å². The highest BCUT2D eigenvalue weighted by Gasteiger charge is 2.18. The summed E-state index contributed by atoms with van der Waals surface area (Å²) in [6.07, 6.45) is -0.617. The molecule has 0 aromatic heterocycles. The first-order valence-corrected chi connectivity index (χ1v) is 8.41. The van der Waals surface area contributed by atoms with Crippen molar-refractivity contribution in [1.82, 2.24) is 0 Å². The molecular formula is C20H24N2O5. The number of rotatable bonds is 5. The molecule has 2 rings (SSSR count). The number of para-hydroxylation sites is 2. The molecule has 7 nitrogen and oxygen atoms in total. The lowest BCUT2D eigenvalue weighted by Crippen LogP contribution is -2.27. The minimum Gasteiger partial charge on any atom is -0.497 e. The van der Waals surface area contributed by atoms with Crippen LogP contribution in [0, 0.1) is 0 Å². The first-order valence-electron chi connectivity index (χ1n) is 8.41. The lowest BCUT2D eigenvalue weighted by Gasteiger charge is -2.20. The molecule has 0 fully saturated rings. The Kier molecular flexibility index (Phi) is 6.41. The molecule has 2 aromatic carbocycles. The van der Waals surface area contributed by atoms with Crippen molar-refractivity contribution in [2.45, 2.75) is 33.0 Å². The van der Waals surface area contributed by atoms with Crippen molar-refractivity contribution in [3.8, 4) is 5.75 Å². The Morgan fingerprint density at radius 1 is 1.04 bits per heavy atom. The van der Waals surface area contributed by atoms with Crippen molar-refractivity contribution in [3.63, 3.8) is 0 Å². The molecule has 2 aromatic rings. The van der Waals surface area contributed by atoms with Gasteiger partial charge in [0.1, 0.15) is 11.4 Å². The van der Waals surface area contributed by atoms with E-state index in [9.17, 15) is 14.7 Å². The molecule has 0 aliphatic rings. The quantitative estimate of drug-likeness (QED) is 0.742. The Labute approximate surface area is 158 Å². The monoisotopic (exact) mass is 372 g/mol. The van der Waals surface area contributed by atoms with Crippen LogP contribution in [0.1, 0.15) is 36.7 Å². The number of amides is 2.